The van der Waals surface area contributed by atoms with Crippen LogP contribution in [0.15, 0.2) is 51.9 Å². The molecule has 2 aromatic rings. The second-order valence-corrected chi connectivity index (χ2v) is 5.74. The summed E-state index contributed by atoms with van der Waals surface area (Å²) in [6, 6.07) is 12.8. The van der Waals surface area contributed by atoms with Crippen molar-refractivity contribution in [1.82, 2.24) is 10.6 Å². The second-order valence-electron chi connectivity index (χ2n) is 4.83. The van der Waals surface area contributed by atoms with Crippen molar-refractivity contribution in [2.45, 2.75) is 13.1 Å². The Hall–Kier alpha value is -2.08. The van der Waals surface area contributed by atoms with E-state index in [1.54, 1.807) is 20.2 Å². The summed E-state index contributed by atoms with van der Waals surface area (Å²) in [5.41, 5.74) is 1.60. The largest absolute Gasteiger partial charge is 0.496 e. The number of nitrogens with zero attached hydrogens (tertiary/aromatic N) is 1. The highest BCUT2D eigenvalue weighted by Crippen LogP contribution is 2.17. The van der Waals surface area contributed by atoms with E-state index in [-0.39, 0.29) is 5.82 Å². The van der Waals surface area contributed by atoms with Crippen LogP contribution in [0, 0.1) is 5.82 Å². The first-order chi connectivity index (χ1) is 11.1. The molecule has 6 heteroatoms. The number of nitrogens with one attached hydrogen (secondary N) is 2. The molecule has 0 bridgehead atoms. The first-order valence-corrected chi connectivity index (χ1v) is 7.93. The Morgan fingerprint density at radius 1 is 1.13 bits per heavy atom. The molecular weight excluding hydrogens is 361 g/mol. The Morgan fingerprint density at radius 3 is 2.48 bits per heavy atom. The van der Waals surface area contributed by atoms with E-state index in [0.717, 1.165) is 15.8 Å². The van der Waals surface area contributed by atoms with Crippen LogP contribution in [0.1, 0.15) is 11.1 Å². The van der Waals surface area contributed by atoms with E-state index in [2.05, 4.69) is 31.6 Å². The molecule has 0 unspecified atom stereocenters. The van der Waals surface area contributed by atoms with E-state index in [0.29, 0.717) is 24.6 Å². The number of para-hydroxylation sites is 1. The van der Waals surface area contributed by atoms with Crippen LogP contribution in [0.4, 0.5) is 4.39 Å². The zero-order valence-electron chi connectivity index (χ0n) is 13.1. The summed E-state index contributed by atoms with van der Waals surface area (Å²) in [5.74, 6) is 1.15. The lowest BCUT2D eigenvalue weighted by Crippen LogP contribution is -2.36. The number of methoxy groups -OCH3 is 1. The molecule has 0 aliphatic heterocycles. The van der Waals surface area contributed by atoms with Gasteiger partial charge < -0.3 is 15.4 Å². The number of ether oxygens (including phenoxy) is 1. The highest BCUT2D eigenvalue weighted by molar-refractivity contribution is 9.10. The van der Waals surface area contributed by atoms with Crippen LogP contribution in [-0.4, -0.2) is 20.1 Å². The summed E-state index contributed by atoms with van der Waals surface area (Å²) >= 11 is 3.25. The molecule has 2 rings (SSSR count). The van der Waals surface area contributed by atoms with Gasteiger partial charge in [-0.25, -0.2) is 4.39 Å². The number of hydrogen-bond acceptors (Lipinski definition) is 2. The predicted molar refractivity (Wildman–Crippen MR) is 94.1 cm³/mol. The second kappa shape index (κ2) is 8.53. The van der Waals surface area contributed by atoms with Gasteiger partial charge in [0.2, 0.25) is 0 Å². The minimum atomic E-state index is -0.257. The summed E-state index contributed by atoms with van der Waals surface area (Å²) in [4.78, 5) is 4.14. The predicted octanol–water partition coefficient (Wildman–Crippen LogP) is 3.46. The van der Waals surface area contributed by atoms with E-state index in [1.807, 2.05) is 30.3 Å². The molecule has 0 amide bonds. The van der Waals surface area contributed by atoms with Crippen LogP contribution < -0.4 is 15.4 Å². The van der Waals surface area contributed by atoms with Gasteiger partial charge in [-0.05, 0) is 18.2 Å². The molecule has 0 heterocycles. The molecule has 2 N–H and O–H groups in total. The molecule has 0 saturated heterocycles. The van der Waals surface area contributed by atoms with E-state index in [1.165, 1.54) is 6.07 Å². The molecule has 23 heavy (non-hydrogen) atoms. The minimum absolute atomic E-state index is 0.257. The molecule has 0 fully saturated rings. The Kier molecular flexibility index (Phi) is 6.40. The van der Waals surface area contributed by atoms with Crippen LogP contribution in [-0.2, 0) is 13.1 Å². The first-order valence-electron chi connectivity index (χ1n) is 7.14. The number of guanidine groups is 1. The molecule has 4 nitrogen and oxygen atoms in total. The van der Waals surface area contributed by atoms with Gasteiger partial charge in [0.1, 0.15) is 11.6 Å². The fraction of sp³-hybridized carbons (Fsp3) is 0.235. The average molecular weight is 380 g/mol. The molecule has 0 aliphatic carbocycles. The number of aliphatic imine (C=N–C) groups is 1. The van der Waals surface area contributed by atoms with Crippen molar-refractivity contribution >= 4 is 21.9 Å². The normalized spacial score (nSPS) is 11.2. The maximum atomic E-state index is 13.8. The van der Waals surface area contributed by atoms with Gasteiger partial charge in [0.25, 0.3) is 0 Å². The molecule has 2 aromatic carbocycles. The Labute approximate surface area is 143 Å². The molecule has 0 spiro atoms. The molecule has 0 saturated carbocycles. The van der Waals surface area contributed by atoms with E-state index >= 15 is 0 Å². The lowest BCUT2D eigenvalue weighted by atomic mass is 10.2. The number of hydrogen-bond donors (Lipinski definition) is 2. The summed E-state index contributed by atoms with van der Waals surface area (Å²) in [6.07, 6.45) is 0. The van der Waals surface area contributed by atoms with Crippen molar-refractivity contribution in [3.8, 4) is 5.75 Å². The Morgan fingerprint density at radius 2 is 1.83 bits per heavy atom. The fourth-order valence-electron chi connectivity index (χ4n) is 2.09. The van der Waals surface area contributed by atoms with Crippen LogP contribution >= 0.6 is 15.9 Å². The molecule has 0 radical (unpaired) electrons. The molecular formula is C17H19BrFN3O. The van der Waals surface area contributed by atoms with E-state index in [9.17, 15) is 4.39 Å². The number of rotatable bonds is 5. The maximum Gasteiger partial charge on any atom is 0.191 e. The van der Waals surface area contributed by atoms with E-state index in [4.69, 9.17) is 4.74 Å². The zero-order valence-corrected chi connectivity index (χ0v) is 14.7. The number of halogens is 2. The highest BCUT2D eigenvalue weighted by atomic mass is 79.9. The standard InChI is InChI=1S/C17H19BrFN3O/c1-20-17(21-10-12-7-8-14(18)9-15(12)19)22-11-13-5-3-4-6-16(13)23-2/h3-9H,10-11H2,1-2H3,(H2,20,21,22). The summed E-state index contributed by atoms with van der Waals surface area (Å²) in [6.45, 7) is 0.914. The first kappa shape index (κ1) is 17.3. The van der Waals surface area contributed by atoms with Gasteiger partial charge in [-0.2, -0.15) is 0 Å². The third-order valence-electron chi connectivity index (χ3n) is 3.32. The van der Waals surface area contributed by atoms with Crippen molar-refractivity contribution in [2.24, 2.45) is 4.99 Å². The van der Waals surface area contributed by atoms with Crippen molar-refractivity contribution < 1.29 is 9.13 Å². The van der Waals surface area contributed by atoms with Gasteiger partial charge in [0.05, 0.1) is 7.11 Å². The minimum Gasteiger partial charge on any atom is -0.496 e. The Balaban J connectivity index is 1.93. The maximum absolute atomic E-state index is 13.8. The lowest BCUT2D eigenvalue weighted by Gasteiger charge is -2.14. The zero-order chi connectivity index (χ0) is 16.7. The smallest absolute Gasteiger partial charge is 0.191 e. The molecule has 0 aromatic heterocycles. The highest BCUT2D eigenvalue weighted by Gasteiger charge is 2.06. The quantitative estimate of drug-likeness (QED) is 0.617. The van der Waals surface area contributed by atoms with Crippen LogP contribution in [0.25, 0.3) is 0 Å². The summed E-state index contributed by atoms with van der Waals surface area (Å²) < 4.78 is 19.8. The molecule has 0 atom stereocenters. The average Bonchev–Trinajstić information content (AvgIpc) is 2.56. The van der Waals surface area contributed by atoms with Gasteiger partial charge in [-0.15, -0.1) is 0 Å². The summed E-state index contributed by atoms with van der Waals surface area (Å²) in [7, 11) is 3.32. The van der Waals surface area contributed by atoms with Crippen molar-refractivity contribution in [2.75, 3.05) is 14.2 Å². The topological polar surface area (TPSA) is 45.7 Å². The molecule has 0 aliphatic rings. The van der Waals surface area contributed by atoms with Crippen LogP contribution in [0.2, 0.25) is 0 Å². The SMILES string of the molecule is CN=C(NCc1ccc(Br)cc1F)NCc1ccccc1OC. The van der Waals surface area contributed by atoms with Gasteiger partial charge in [0.15, 0.2) is 5.96 Å². The van der Waals surface area contributed by atoms with Crippen molar-refractivity contribution in [3.05, 3.63) is 63.9 Å². The van der Waals surface area contributed by atoms with Gasteiger partial charge >= 0.3 is 0 Å². The third-order valence-corrected chi connectivity index (χ3v) is 3.82. The van der Waals surface area contributed by atoms with Gasteiger partial charge in [0, 0.05) is 35.7 Å². The third kappa shape index (κ3) is 4.96. The number of benzene rings is 2. The monoisotopic (exact) mass is 379 g/mol. The van der Waals surface area contributed by atoms with Gasteiger partial charge in [-0.3, -0.25) is 4.99 Å². The Bertz CT molecular complexity index is 691. The molecule has 122 valence electrons. The van der Waals surface area contributed by atoms with Crippen molar-refractivity contribution in [3.63, 3.8) is 0 Å². The van der Waals surface area contributed by atoms with Crippen LogP contribution in [0.5, 0.6) is 5.75 Å². The van der Waals surface area contributed by atoms with E-state index < -0.39 is 0 Å². The fourth-order valence-corrected chi connectivity index (χ4v) is 2.43. The van der Waals surface area contributed by atoms with Gasteiger partial charge in [-0.1, -0.05) is 40.2 Å². The summed E-state index contributed by atoms with van der Waals surface area (Å²) in [5, 5.41) is 6.29. The van der Waals surface area contributed by atoms with Crippen molar-refractivity contribution in [1.29, 1.82) is 0 Å². The van der Waals surface area contributed by atoms with Crippen LogP contribution in [0.3, 0.4) is 0 Å². The lowest BCUT2D eigenvalue weighted by molar-refractivity contribution is 0.409.